The van der Waals surface area contributed by atoms with Crippen molar-refractivity contribution >= 4 is 23.1 Å². The van der Waals surface area contributed by atoms with Crippen molar-refractivity contribution in [3.8, 4) is 0 Å². The van der Waals surface area contributed by atoms with Gasteiger partial charge in [-0.05, 0) is 23.4 Å². The van der Waals surface area contributed by atoms with Gasteiger partial charge in [-0.1, -0.05) is 23.3 Å². The quantitative estimate of drug-likeness (QED) is 0.697. The summed E-state index contributed by atoms with van der Waals surface area (Å²) in [4.78, 5) is 0. The third kappa shape index (κ3) is 1.46. The maximum Gasteiger partial charge on any atom is 0.219 e. The first-order valence-electron chi connectivity index (χ1n) is 4.70. The van der Waals surface area contributed by atoms with Gasteiger partial charge in [-0.25, -0.2) is 4.63 Å². The molecule has 6 nitrogen and oxygen atoms in total. The van der Waals surface area contributed by atoms with E-state index in [0.717, 1.165) is 16.6 Å². The van der Waals surface area contributed by atoms with Crippen LogP contribution in [0.15, 0.2) is 28.9 Å². The molecule has 0 bridgehead atoms. The van der Waals surface area contributed by atoms with E-state index in [1.807, 2.05) is 30.3 Å². The van der Waals surface area contributed by atoms with Crippen molar-refractivity contribution in [3.63, 3.8) is 0 Å². The molecule has 2 heterocycles. The molecule has 1 aromatic carbocycles. The number of aromatic amines is 1. The van der Waals surface area contributed by atoms with Crippen molar-refractivity contribution in [2.75, 3.05) is 0 Å². The highest BCUT2D eigenvalue weighted by molar-refractivity contribution is 5.88. The van der Waals surface area contributed by atoms with Gasteiger partial charge in [0.25, 0.3) is 0 Å². The molecule has 3 aromatic rings. The van der Waals surface area contributed by atoms with Crippen LogP contribution in [-0.2, 0) is 0 Å². The number of hydrogen-bond donors (Lipinski definition) is 1. The summed E-state index contributed by atoms with van der Waals surface area (Å²) in [6, 6.07) is 7.88. The summed E-state index contributed by atoms with van der Waals surface area (Å²) in [5.74, 6) is 0.423. The molecule has 0 spiro atoms. The highest BCUT2D eigenvalue weighted by atomic mass is 16.6. The average molecular weight is 213 g/mol. The normalized spacial score (nSPS) is 11.5. The van der Waals surface area contributed by atoms with Crippen LogP contribution in [-0.4, -0.2) is 25.7 Å². The molecule has 0 unspecified atom stereocenters. The van der Waals surface area contributed by atoms with Crippen LogP contribution in [0.1, 0.15) is 11.5 Å². The Morgan fingerprint density at radius 3 is 3.00 bits per heavy atom. The van der Waals surface area contributed by atoms with E-state index in [4.69, 9.17) is 0 Å². The lowest BCUT2D eigenvalue weighted by Crippen LogP contribution is -1.76. The minimum Gasteiger partial charge on any atom is -0.277 e. The summed E-state index contributed by atoms with van der Waals surface area (Å²) in [7, 11) is 0. The molecule has 0 atom stereocenters. The van der Waals surface area contributed by atoms with E-state index >= 15 is 0 Å². The van der Waals surface area contributed by atoms with Crippen LogP contribution in [0.5, 0.6) is 0 Å². The molecule has 2 aromatic heterocycles. The monoisotopic (exact) mass is 213 g/mol. The Morgan fingerprint density at radius 1 is 1.19 bits per heavy atom. The third-order valence-electron chi connectivity index (χ3n) is 2.20. The predicted molar refractivity (Wildman–Crippen MR) is 57.1 cm³/mol. The maximum atomic E-state index is 4.38. The molecule has 16 heavy (non-hydrogen) atoms. The van der Waals surface area contributed by atoms with Gasteiger partial charge < -0.3 is 0 Å². The molecule has 3 rings (SSSR count). The SMILES string of the molecule is C(=Cc1n[nH]c2ccccc12)c1nnon1. The van der Waals surface area contributed by atoms with Crippen molar-refractivity contribution < 1.29 is 4.63 Å². The number of fused-ring (bicyclic) bond motifs is 1. The van der Waals surface area contributed by atoms with Crippen LogP contribution in [0, 0.1) is 0 Å². The first-order valence-corrected chi connectivity index (χ1v) is 4.70. The van der Waals surface area contributed by atoms with Gasteiger partial charge in [0.1, 0.15) is 0 Å². The zero-order valence-electron chi connectivity index (χ0n) is 8.16. The molecule has 0 saturated carbocycles. The van der Waals surface area contributed by atoms with Gasteiger partial charge in [0.05, 0.1) is 16.5 Å². The lowest BCUT2D eigenvalue weighted by Gasteiger charge is -1.87. The summed E-state index contributed by atoms with van der Waals surface area (Å²) in [5, 5.41) is 18.7. The fourth-order valence-electron chi connectivity index (χ4n) is 1.47. The van der Waals surface area contributed by atoms with E-state index in [2.05, 4.69) is 30.4 Å². The number of nitrogens with zero attached hydrogens (tertiary/aromatic N) is 4. The van der Waals surface area contributed by atoms with Crippen molar-refractivity contribution in [2.24, 2.45) is 0 Å². The maximum absolute atomic E-state index is 4.38. The number of rotatable bonds is 2. The first-order chi connectivity index (χ1) is 7.93. The number of aromatic nitrogens is 5. The Balaban J connectivity index is 2.01. The number of H-pyrrole nitrogens is 1. The van der Waals surface area contributed by atoms with Crippen LogP contribution < -0.4 is 0 Å². The predicted octanol–water partition coefficient (Wildman–Crippen LogP) is 1.51. The fraction of sp³-hybridized carbons (Fsp3) is 0. The van der Waals surface area contributed by atoms with Gasteiger partial charge in [0, 0.05) is 5.39 Å². The Bertz CT molecular complexity index is 626. The van der Waals surface area contributed by atoms with E-state index in [9.17, 15) is 0 Å². The van der Waals surface area contributed by atoms with Gasteiger partial charge in [-0.2, -0.15) is 5.10 Å². The topological polar surface area (TPSA) is 80.5 Å². The molecule has 0 aliphatic rings. The van der Waals surface area contributed by atoms with E-state index in [-0.39, 0.29) is 0 Å². The zero-order valence-corrected chi connectivity index (χ0v) is 8.16. The van der Waals surface area contributed by atoms with E-state index in [0.29, 0.717) is 5.82 Å². The molecule has 0 radical (unpaired) electrons. The molecule has 78 valence electrons. The second kappa shape index (κ2) is 3.58. The van der Waals surface area contributed by atoms with E-state index in [1.54, 1.807) is 6.08 Å². The van der Waals surface area contributed by atoms with Gasteiger partial charge in [-0.3, -0.25) is 5.10 Å². The standard InChI is InChI=1S/C10H7N5O/c1-2-4-8-7(3-1)9(12-11-8)5-6-10-13-15-16-14-10/h1-6H,(H,11,12). The zero-order chi connectivity index (χ0) is 10.8. The molecule has 0 fully saturated rings. The van der Waals surface area contributed by atoms with Crippen LogP contribution in [0.4, 0.5) is 0 Å². The number of para-hydroxylation sites is 1. The number of hydrogen-bond acceptors (Lipinski definition) is 5. The summed E-state index contributed by atoms with van der Waals surface area (Å²) in [6.07, 6.45) is 3.50. The second-order valence-electron chi connectivity index (χ2n) is 3.20. The Labute approximate surface area is 89.9 Å². The average Bonchev–Trinajstić information content (AvgIpc) is 2.96. The van der Waals surface area contributed by atoms with Crippen LogP contribution in [0.2, 0.25) is 0 Å². The van der Waals surface area contributed by atoms with Crippen LogP contribution in [0.3, 0.4) is 0 Å². The smallest absolute Gasteiger partial charge is 0.219 e. The summed E-state index contributed by atoms with van der Waals surface area (Å²) in [5.41, 5.74) is 1.83. The molecule has 0 aliphatic heterocycles. The summed E-state index contributed by atoms with van der Waals surface area (Å²) in [6.45, 7) is 0. The van der Waals surface area contributed by atoms with Crippen molar-refractivity contribution in [1.82, 2.24) is 25.7 Å². The highest BCUT2D eigenvalue weighted by Gasteiger charge is 2.01. The Morgan fingerprint density at radius 2 is 2.12 bits per heavy atom. The van der Waals surface area contributed by atoms with Gasteiger partial charge >= 0.3 is 0 Å². The number of benzene rings is 1. The molecule has 1 N–H and O–H groups in total. The lowest BCUT2D eigenvalue weighted by atomic mass is 10.2. The van der Waals surface area contributed by atoms with Gasteiger partial charge in [0.15, 0.2) is 0 Å². The summed E-state index contributed by atoms with van der Waals surface area (Å²) < 4.78 is 4.38. The molecule has 6 heteroatoms. The Kier molecular flexibility index (Phi) is 1.96. The third-order valence-corrected chi connectivity index (χ3v) is 2.20. The van der Waals surface area contributed by atoms with E-state index in [1.165, 1.54) is 0 Å². The molecular formula is C10H7N5O. The van der Waals surface area contributed by atoms with Crippen LogP contribution in [0.25, 0.3) is 23.1 Å². The van der Waals surface area contributed by atoms with Crippen molar-refractivity contribution in [3.05, 3.63) is 35.8 Å². The number of nitrogens with one attached hydrogen (secondary N) is 1. The summed E-state index contributed by atoms with van der Waals surface area (Å²) >= 11 is 0. The van der Waals surface area contributed by atoms with Crippen LogP contribution >= 0.6 is 0 Å². The van der Waals surface area contributed by atoms with Gasteiger partial charge in [-0.15, -0.1) is 0 Å². The fourth-order valence-corrected chi connectivity index (χ4v) is 1.47. The molecule has 0 saturated heterocycles. The van der Waals surface area contributed by atoms with Crippen molar-refractivity contribution in [1.29, 1.82) is 0 Å². The van der Waals surface area contributed by atoms with E-state index < -0.39 is 0 Å². The second-order valence-corrected chi connectivity index (χ2v) is 3.20. The minimum absolute atomic E-state index is 0.423. The first kappa shape index (κ1) is 8.78. The minimum atomic E-state index is 0.423. The highest BCUT2D eigenvalue weighted by Crippen LogP contribution is 2.16. The Hall–Kier alpha value is -2.50. The van der Waals surface area contributed by atoms with Crippen molar-refractivity contribution in [2.45, 2.75) is 0 Å². The largest absolute Gasteiger partial charge is 0.277 e. The molecule has 0 aliphatic carbocycles. The van der Waals surface area contributed by atoms with Gasteiger partial charge in [0.2, 0.25) is 5.82 Å². The molecule has 0 amide bonds. The molecular weight excluding hydrogens is 206 g/mol. The lowest BCUT2D eigenvalue weighted by molar-refractivity contribution is 0.292.